The summed E-state index contributed by atoms with van der Waals surface area (Å²) in [7, 11) is 0.363. The summed E-state index contributed by atoms with van der Waals surface area (Å²) in [6.07, 6.45) is 1.14. The first kappa shape index (κ1) is 28.1. The van der Waals surface area contributed by atoms with Gasteiger partial charge < -0.3 is 14.2 Å². The van der Waals surface area contributed by atoms with E-state index in [0.717, 1.165) is 44.8 Å². The Morgan fingerprint density at radius 2 is 1.62 bits per heavy atom. The molecule has 0 atom stereocenters. The molecule has 0 bridgehead atoms. The first-order valence-electron chi connectivity index (χ1n) is 12.9. The lowest BCUT2D eigenvalue weighted by atomic mass is 10.0. The summed E-state index contributed by atoms with van der Waals surface area (Å²) in [6, 6.07) is 20.3. The van der Waals surface area contributed by atoms with E-state index in [2.05, 4.69) is 24.7 Å². The molecule has 1 aromatic heterocycles. The number of hydrogen-bond acceptors (Lipinski definition) is 6. The molecule has 9 heteroatoms. The van der Waals surface area contributed by atoms with Crippen LogP contribution < -0.4 is 20.7 Å². The summed E-state index contributed by atoms with van der Waals surface area (Å²) in [6.45, 7) is 11.0. The van der Waals surface area contributed by atoms with E-state index >= 15 is 0 Å². The van der Waals surface area contributed by atoms with Crippen molar-refractivity contribution < 1.29 is 14.2 Å². The Morgan fingerprint density at radius 3 is 2.26 bits per heavy atom. The van der Waals surface area contributed by atoms with Gasteiger partial charge in [0.25, 0.3) is 5.56 Å². The molecule has 3 aromatic carbocycles. The van der Waals surface area contributed by atoms with Gasteiger partial charge >= 0.3 is 5.69 Å². The van der Waals surface area contributed by atoms with Gasteiger partial charge in [-0.25, -0.2) is 9.36 Å². The van der Waals surface area contributed by atoms with Crippen LogP contribution in [0, 0.1) is 13.8 Å². The van der Waals surface area contributed by atoms with E-state index in [0.29, 0.717) is 23.8 Å². The third-order valence-electron chi connectivity index (χ3n) is 6.34. The molecule has 0 spiro atoms. The van der Waals surface area contributed by atoms with E-state index in [1.54, 1.807) is 7.11 Å². The highest BCUT2D eigenvalue weighted by Gasteiger charge is 2.16. The Bertz CT molecular complexity index is 1550. The van der Waals surface area contributed by atoms with Crippen LogP contribution >= 0.6 is 0 Å². The molecule has 8 nitrogen and oxygen atoms in total. The van der Waals surface area contributed by atoms with Gasteiger partial charge in [0.05, 0.1) is 12.8 Å². The molecule has 0 saturated carbocycles. The first-order valence-corrected chi connectivity index (χ1v) is 16.6. The Labute approximate surface area is 229 Å². The van der Waals surface area contributed by atoms with Gasteiger partial charge in [0.1, 0.15) is 30.2 Å². The predicted molar refractivity (Wildman–Crippen MR) is 156 cm³/mol. The van der Waals surface area contributed by atoms with Gasteiger partial charge in [-0.2, -0.15) is 9.78 Å². The molecule has 0 radical (unpaired) electrons. The normalized spacial score (nSPS) is 11.4. The van der Waals surface area contributed by atoms with Crippen molar-refractivity contribution in [2.24, 2.45) is 0 Å². The van der Waals surface area contributed by atoms with Gasteiger partial charge in [0, 0.05) is 20.2 Å². The first-order chi connectivity index (χ1) is 18.6. The molecule has 0 aliphatic heterocycles. The lowest BCUT2D eigenvalue weighted by Crippen LogP contribution is -2.41. The van der Waals surface area contributed by atoms with Crippen LogP contribution in [-0.2, 0) is 11.5 Å². The molecule has 1 heterocycles. The van der Waals surface area contributed by atoms with E-state index in [1.165, 1.54) is 4.68 Å². The van der Waals surface area contributed by atoms with Gasteiger partial charge in [-0.1, -0.05) is 50.0 Å². The molecule has 204 valence electrons. The van der Waals surface area contributed by atoms with Crippen LogP contribution in [0.2, 0.25) is 25.7 Å². The number of aryl methyl sites for hydroxylation is 2. The molecular weight excluding hydrogens is 510 g/mol. The summed E-state index contributed by atoms with van der Waals surface area (Å²) in [4.78, 5) is 25.5. The Kier molecular flexibility index (Phi) is 8.52. The van der Waals surface area contributed by atoms with Gasteiger partial charge in [0.15, 0.2) is 0 Å². The SMILES string of the molecule is COc1ccc(Oc2c(C)cc(-n3ncc(=O)n(COCC[Si](C)(C)C)c3=O)cc2C)cc1-c1ccccc1. The molecule has 0 saturated heterocycles. The van der Waals surface area contributed by atoms with Crippen molar-refractivity contribution in [3.8, 4) is 34.1 Å². The standard InChI is InChI=1S/C30H35N3O5Si/c1-21-16-24(33-30(35)32(28(34)19-31-33)20-37-14-15-39(4,5)6)17-22(2)29(21)38-25-12-13-27(36-3)26(18-25)23-10-8-7-9-11-23/h7-13,16-19H,14-15,20H2,1-6H3. The number of ether oxygens (including phenoxy) is 3. The summed E-state index contributed by atoms with van der Waals surface area (Å²) < 4.78 is 19.8. The molecule has 0 unspecified atom stereocenters. The van der Waals surface area contributed by atoms with Crippen LogP contribution in [0.15, 0.2) is 76.4 Å². The third-order valence-corrected chi connectivity index (χ3v) is 8.05. The minimum Gasteiger partial charge on any atom is -0.496 e. The Morgan fingerprint density at radius 1 is 0.923 bits per heavy atom. The molecule has 4 aromatic rings. The summed E-state index contributed by atoms with van der Waals surface area (Å²) in [5.41, 5.74) is 3.08. The highest BCUT2D eigenvalue weighted by Crippen LogP contribution is 2.37. The average molecular weight is 546 g/mol. The zero-order chi connectivity index (χ0) is 28.2. The van der Waals surface area contributed by atoms with Crippen LogP contribution in [0.4, 0.5) is 0 Å². The number of rotatable bonds is 10. The molecular formula is C30H35N3O5Si. The second kappa shape index (κ2) is 11.8. The maximum atomic E-state index is 13.2. The number of hydrogen-bond donors (Lipinski definition) is 0. The monoisotopic (exact) mass is 545 g/mol. The summed E-state index contributed by atoms with van der Waals surface area (Å²) >= 11 is 0. The second-order valence-corrected chi connectivity index (χ2v) is 16.3. The van der Waals surface area contributed by atoms with Gasteiger partial charge in [0.2, 0.25) is 0 Å². The van der Waals surface area contributed by atoms with Crippen molar-refractivity contribution >= 4 is 8.07 Å². The third kappa shape index (κ3) is 6.74. The maximum Gasteiger partial charge on any atom is 0.354 e. The van der Waals surface area contributed by atoms with Crippen LogP contribution in [-0.4, -0.2) is 36.1 Å². The minimum absolute atomic E-state index is 0.106. The van der Waals surface area contributed by atoms with Crippen molar-refractivity contribution in [3.63, 3.8) is 0 Å². The maximum absolute atomic E-state index is 13.2. The fourth-order valence-corrected chi connectivity index (χ4v) is 4.94. The molecule has 39 heavy (non-hydrogen) atoms. The van der Waals surface area contributed by atoms with E-state index in [-0.39, 0.29) is 6.73 Å². The fourth-order valence-electron chi connectivity index (χ4n) is 4.19. The van der Waals surface area contributed by atoms with Crippen molar-refractivity contribution in [1.82, 2.24) is 14.3 Å². The van der Waals surface area contributed by atoms with Gasteiger partial charge in [-0.15, -0.1) is 0 Å². The van der Waals surface area contributed by atoms with Crippen LogP contribution in [0.5, 0.6) is 17.2 Å². The van der Waals surface area contributed by atoms with E-state index in [4.69, 9.17) is 14.2 Å². The lowest BCUT2D eigenvalue weighted by Gasteiger charge is -2.17. The molecule has 4 rings (SSSR count). The minimum atomic E-state index is -1.28. The predicted octanol–water partition coefficient (Wildman–Crippen LogP) is 5.79. The lowest BCUT2D eigenvalue weighted by molar-refractivity contribution is 0.0803. The van der Waals surface area contributed by atoms with E-state index in [1.807, 2.05) is 74.5 Å². The smallest absolute Gasteiger partial charge is 0.354 e. The largest absolute Gasteiger partial charge is 0.496 e. The molecule has 0 N–H and O–H groups in total. The molecule has 0 aliphatic rings. The highest BCUT2D eigenvalue weighted by molar-refractivity contribution is 6.76. The van der Waals surface area contributed by atoms with Crippen molar-refractivity contribution in [1.29, 1.82) is 0 Å². The van der Waals surface area contributed by atoms with Crippen molar-refractivity contribution in [2.45, 2.75) is 46.3 Å². The zero-order valence-corrected chi connectivity index (χ0v) is 24.4. The summed E-state index contributed by atoms with van der Waals surface area (Å²) in [5, 5.41) is 4.10. The number of methoxy groups -OCH3 is 1. The fraction of sp³-hybridized carbons (Fsp3) is 0.300. The average Bonchev–Trinajstić information content (AvgIpc) is 2.90. The molecule has 0 aliphatic carbocycles. The molecule has 0 fully saturated rings. The number of benzene rings is 3. The second-order valence-electron chi connectivity index (χ2n) is 10.7. The molecule has 0 amide bonds. The Hall–Kier alpha value is -3.95. The van der Waals surface area contributed by atoms with E-state index in [9.17, 15) is 9.59 Å². The van der Waals surface area contributed by atoms with Crippen molar-refractivity contribution in [2.75, 3.05) is 13.7 Å². The Balaban J connectivity index is 1.61. The number of nitrogens with zero attached hydrogens (tertiary/aromatic N) is 3. The van der Waals surface area contributed by atoms with Crippen LogP contribution in [0.3, 0.4) is 0 Å². The topological polar surface area (TPSA) is 84.6 Å². The number of aromatic nitrogens is 3. The summed E-state index contributed by atoms with van der Waals surface area (Å²) in [5.74, 6) is 2.09. The van der Waals surface area contributed by atoms with Gasteiger partial charge in [-0.05, 0) is 66.9 Å². The quantitative estimate of drug-likeness (QED) is 0.185. The zero-order valence-electron chi connectivity index (χ0n) is 23.4. The van der Waals surface area contributed by atoms with Gasteiger partial charge in [-0.3, -0.25) is 4.79 Å². The van der Waals surface area contributed by atoms with E-state index < -0.39 is 19.3 Å². The van der Waals surface area contributed by atoms with Crippen LogP contribution in [0.25, 0.3) is 16.8 Å². The van der Waals surface area contributed by atoms with Crippen LogP contribution in [0.1, 0.15) is 11.1 Å². The highest BCUT2D eigenvalue weighted by atomic mass is 28.3. The van der Waals surface area contributed by atoms with Crippen molar-refractivity contribution in [3.05, 3.63) is 98.8 Å².